The number of phenols is 1. The van der Waals surface area contributed by atoms with Gasteiger partial charge in [0.25, 0.3) is 0 Å². The second-order valence-electron chi connectivity index (χ2n) is 7.10. The van der Waals surface area contributed by atoms with E-state index in [1.165, 1.54) is 0 Å². The Morgan fingerprint density at radius 1 is 0.839 bits per heavy atom. The molecular weight excluding hydrogens is 424 g/mol. The van der Waals surface area contributed by atoms with E-state index in [1.807, 2.05) is 6.07 Å². The first-order valence-corrected chi connectivity index (χ1v) is 11.0. The lowest BCUT2D eigenvalue weighted by Gasteiger charge is -2.23. The molecule has 0 unspecified atom stereocenters. The van der Waals surface area contributed by atoms with Crippen LogP contribution in [0.2, 0.25) is 5.02 Å². The highest BCUT2D eigenvalue weighted by Gasteiger charge is 2.15. The zero-order valence-electron chi connectivity index (χ0n) is 17.8. The van der Waals surface area contributed by atoms with Gasteiger partial charge in [-0.15, -0.1) is 0 Å². The molecule has 0 bridgehead atoms. The van der Waals surface area contributed by atoms with Gasteiger partial charge in [-0.2, -0.15) is 0 Å². The minimum Gasteiger partial charge on any atom is -0.505 e. The van der Waals surface area contributed by atoms with Crippen molar-refractivity contribution in [1.29, 1.82) is 0 Å². The quantitative estimate of drug-likeness (QED) is 0.741. The topological polar surface area (TPSA) is 82.5 Å². The summed E-state index contributed by atoms with van der Waals surface area (Å²) in [5.41, 5.74) is 1.24. The highest BCUT2D eigenvalue weighted by molar-refractivity contribution is 6.35. The number of nitrogens with zero attached hydrogens (tertiary/aromatic N) is 2. The van der Waals surface area contributed by atoms with Crippen LogP contribution >= 0.6 is 11.6 Å². The number of aromatic hydroxyl groups is 1. The molecule has 1 saturated heterocycles. The maximum Gasteiger partial charge on any atom is 0.146 e. The largest absolute Gasteiger partial charge is 0.505 e. The van der Waals surface area contributed by atoms with Crippen molar-refractivity contribution in [1.82, 2.24) is 9.88 Å². The summed E-state index contributed by atoms with van der Waals surface area (Å²) in [4.78, 5) is 6.46. The number of aromatic nitrogens is 1. The van der Waals surface area contributed by atoms with E-state index < -0.39 is 0 Å². The minimum absolute atomic E-state index is 0.158. The third kappa shape index (κ3) is 8.16. The SMILES string of the molecule is Oc1c(CN2CCOCCOCCOCCOCCOCC2)cc(Cl)c2cccnc12. The number of pyridine rings is 1. The van der Waals surface area contributed by atoms with E-state index in [4.69, 9.17) is 35.3 Å². The van der Waals surface area contributed by atoms with Gasteiger partial charge in [0.15, 0.2) is 0 Å². The van der Waals surface area contributed by atoms with Crippen molar-refractivity contribution < 1.29 is 28.8 Å². The van der Waals surface area contributed by atoms with Crippen molar-refractivity contribution in [2.45, 2.75) is 6.54 Å². The monoisotopic (exact) mass is 454 g/mol. The molecule has 1 aromatic carbocycles. The number of rotatable bonds is 2. The molecule has 3 rings (SSSR count). The summed E-state index contributed by atoms with van der Waals surface area (Å²) in [6, 6.07) is 5.46. The zero-order valence-corrected chi connectivity index (χ0v) is 18.5. The van der Waals surface area contributed by atoms with Crippen LogP contribution in [0.1, 0.15) is 5.56 Å². The van der Waals surface area contributed by atoms with Crippen LogP contribution in [0.4, 0.5) is 0 Å². The van der Waals surface area contributed by atoms with Crippen LogP contribution in [0.3, 0.4) is 0 Å². The summed E-state index contributed by atoms with van der Waals surface area (Å²) in [5.74, 6) is 0.158. The Morgan fingerprint density at radius 2 is 1.35 bits per heavy atom. The maximum absolute atomic E-state index is 10.7. The van der Waals surface area contributed by atoms with Crippen LogP contribution in [0.5, 0.6) is 5.75 Å². The Hall–Kier alpha value is -1.52. The van der Waals surface area contributed by atoms with Crippen LogP contribution in [0, 0.1) is 0 Å². The molecule has 0 radical (unpaired) electrons. The number of hydrogen-bond acceptors (Lipinski definition) is 8. The summed E-state index contributed by atoms with van der Waals surface area (Å²) in [5, 5.41) is 12.0. The molecule has 1 fully saturated rings. The average molecular weight is 455 g/mol. The number of hydrogen-bond donors (Lipinski definition) is 1. The van der Waals surface area contributed by atoms with Gasteiger partial charge in [0.2, 0.25) is 0 Å². The normalized spacial score (nSPS) is 19.6. The number of phenolic OH excluding ortho intramolecular Hbond substituents is 1. The van der Waals surface area contributed by atoms with Gasteiger partial charge in [-0.05, 0) is 18.2 Å². The van der Waals surface area contributed by atoms with Gasteiger partial charge < -0.3 is 28.8 Å². The summed E-state index contributed by atoms with van der Waals surface area (Å²) in [6.45, 7) is 7.20. The first-order chi connectivity index (χ1) is 15.3. The molecule has 172 valence electrons. The Labute approximate surface area is 187 Å². The van der Waals surface area contributed by atoms with Crippen molar-refractivity contribution in [3.8, 4) is 5.75 Å². The molecule has 1 aliphatic heterocycles. The van der Waals surface area contributed by atoms with Crippen molar-refractivity contribution in [2.24, 2.45) is 0 Å². The summed E-state index contributed by atoms with van der Waals surface area (Å²) >= 11 is 6.43. The molecule has 2 aromatic rings. The Bertz CT molecular complexity index is 776. The number of benzene rings is 1. The van der Waals surface area contributed by atoms with Crippen molar-refractivity contribution >= 4 is 22.5 Å². The van der Waals surface area contributed by atoms with Crippen LogP contribution in [0.15, 0.2) is 24.4 Å². The Kier molecular flexibility index (Phi) is 10.7. The molecule has 0 aliphatic carbocycles. The zero-order chi connectivity index (χ0) is 21.7. The fourth-order valence-corrected chi connectivity index (χ4v) is 3.52. The fourth-order valence-electron chi connectivity index (χ4n) is 3.24. The molecular formula is C22H31ClN2O6. The number of halogens is 1. The van der Waals surface area contributed by atoms with Crippen LogP contribution in [-0.2, 0) is 30.2 Å². The lowest BCUT2D eigenvalue weighted by Crippen LogP contribution is -2.31. The van der Waals surface area contributed by atoms with E-state index in [9.17, 15) is 5.11 Å². The predicted octanol–water partition coefficient (Wildman–Crippen LogP) is 2.49. The molecule has 0 atom stereocenters. The standard InChI is InChI=1S/C22H31ClN2O6/c23-20-16-18(22(26)21-19(20)2-1-3-24-21)17-25-4-6-27-8-10-29-12-14-31-15-13-30-11-9-28-7-5-25/h1-3,16,26H,4-15,17H2. The van der Waals surface area contributed by atoms with E-state index in [-0.39, 0.29) is 5.75 Å². The van der Waals surface area contributed by atoms with Gasteiger partial charge in [-0.25, -0.2) is 0 Å². The smallest absolute Gasteiger partial charge is 0.146 e. The second-order valence-corrected chi connectivity index (χ2v) is 7.51. The van der Waals surface area contributed by atoms with Gasteiger partial charge in [0.1, 0.15) is 11.3 Å². The average Bonchev–Trinajstić information content (AvgIpc) is 2.78. The highest BCUT2D eigenvalue weighted by atomic mass is 35.5. The van der Waals surface area contributed by atoms with E-state index in [0.717, 1.165) is 10.9 Å². The molecule has 1 aliphatic rings. The molecule has 0 saturated carbocycles. The van der Waals surface area contributed by atoms with Gasteiger partial charge >= 0.3 is 0 Å². The summed E-state index contributed by atoms with van der Waals surface area (Å²) in [6.07, 6.45) is 1.65. The highest BCUT2D eigenvalue weighted by Crippen LogP contribution is 2.33. The molecule has 1 N–H and O–H groups in total. The minimum atomic E-state index is 0.158. The van der Waals surface area contributed by atoms with E-state index in [0.29, 0.717) is 96.2 Å². The third-order valence-electron chi connectivity index (χ3n) is 4.88. The fraction of sp³-hybridized carbons (Fsp3) is 0.591. The first kappa shape index (κ1) is 24.1. The van der Waals surface area contributed by atoms with Crippen LogP contribution < -0.4 is 0 Å². The summed E-state index contributed by atoms with van der Waals surface area (Å²) < 4.78 is 27.8. The molecule has 0 spiro atoms. The lowest BCUT2D eigenvalue weighted by molar-refractivity contribution is -0.0190. The van der Waals surface area contributed by atoms with Gasteiger partial charge in [-0.1, -0.05) is 11.6 Å². The van der Waals surface area contributed by atoms with Crippen LogP contribution in [-0.4, -0.2) is 94.1 Å². The van der Waals surface area contributed by atoms with Crippen molar-refractivity contribution in [3.63, 3.8) is 0 Å². The maximum atomic E-state index is 10.7. The third-order valence-corrected chi connectivity index (χ3v) is 5.19. The van der Waals surface area contributed by atoms with Crippen LogP contribution in [0.25, 0.3) is 10.9 Å². The van der Waals surface area contributed by atoms with Gasteiger partial charge in [-0.3, -0.25) is 9.88 Å². The summed E-state index contributed by atoms with van der Waals surface area (Å²) in [7, 11) is 0. The van der Waals surface area contributed by atoms with E-state index >= 15 is 0 Å². The molecule has 31 heavy (non-hydrogen) atoms. The van der Waals surface area contributed by atoms with Gasteiger partial charge in [0.05, 0.1) is 71.1 Å². The lowest BCUT2D eigenvalue weighted by atomic mass is 10.1. The van der Waals surface area contributed by atoms with Crippen molar-refractivity contribution in [2.75, 3.05) is 79.2 Å². The second kappa shape index (κ2) is 13.8. The van der Waals surface area contributed by atoms with Crippen molar-refractivity contribution in [3.05, 3.63) is 35.0 Å². The molecule has 2 heterocycles. The predicted molar refractivity (Wildman–Crippen MR) is 118 cm³/mol. The molecule has 8 nitrogen and oxygen atoms in total. The van der Waals surface area contributed by atoms with E-state index in [1.54, 1.807) is 18.3 Å². The number of ether oxygens (including phenoxy) is 5. The van der Waals surface area contributed by atoms with Gasteiger partial charge in [0, 0.05) is 36.8 Å². The molecule has 0 amide bonds. The number of fused-ring (bicyclic) bond motifs is 1. The molecule has 1 aromatic heterocycles. The first-order valence-electron chi connectivity index (χ1n) is 10.6. The molecule has 9 heteroatoms. The Balaban J connectivity index is 1.60. The Morgan fingerprint density at radius 3 is 1.90 bits per heavy atom. The van der Waals surface area contributed by atoms with E-state index in [2.05, 4.69) is 9.88 Å².